The molecule has 0 aromatic carbocycles. The smallest absolute Gasteiger partial charge is 0.253 e. The highest BCUT2D eigenvalue weighted by atomic mass is 19.1. The van der Waals surface area contributed by atoms with E-state index in [1.54, 1.807) is 11.7 Å². The fourth-order valence-corrected chi connectivity index (χ4v) is 2.38. The van der Waals surface area contributed by atoms with E-state index in [2.05, 4.69) is 4.98 Å². The summed E-state index contributed by atoms with van der Waals surface area (Å²) in [6.45, 7) is 1.89. The quantitative estimate of drug-likeness (QED) is 0.639. The summed E-state index contributed by atoms with van der Waals surface area (Å²) in [5.41, 5.74) is 2.60. The van der Waals surface area contributed by atoms with Gasteiger partial charge >= 0.3 is 0 Å². The molecule has 0 bridgehead atoms. The van der Waals surface area contributed by atoms with Crippen LogP contribution in [-0.4, -0.2) is 16.1 Å². The van der Waals surface area contributed by atoms with E-state index in [1.165, 1.54) is 6.07 Å². The number of nitrogens with one attached hydrogen (secondary N) is 1. The van der Waals surface area contributed by atoms with Crippen LogP contribution in [0.4, 0.5) is 4.39 Å². The molecule has 4 nitrogen and oxygen atoms in total. The van der Waals surface area contributed by atoms with Gasteiger partial charge in [-0.2, -0.15) is 0 Å². The van der Waals surface area contributed by atoms with Crippen LogP contribution in [0.3, 0.4) is 0 Å². The number of halogens is 1. The third kappa shape index (κ3) is 2.13. The number of aromatic nitrogens is 1. The average molecular weight is 250 g/mol. The maximum atomic E-state index is 13.1. The van der Waals surface area contributed by atoms with Crippen LogP contribution < -0.4 is 5.48 Å². The summed E-state index contributed by atoms with van der Waals surface area (Å²) in [4.78, 5) is 15.5. The van der Waals surface area contributed by atoms with Crippen LogP contribution >= 0.6 is 0 Å². The van der Waals surface area contributed by atoms with Crippen LogP contribution in [0.15, 0.2) is 24.5 Å². The van der Waals surface area contributed by atoms with Crippen molar-refractivity contribution in [1.82, 2.24) is 10.5 Å². The Morgan fingerprint density at radius 3 is 3.00 bits per heavy atom. The van der Waals surface area contributed by atoms with Gasteiger partial charge in [0.1, 0.15) is 5.82 Å². The molecule has 5 heteroatoms. The van der Waals surface area contributed by atoms with E-state index in [4.69, 9.17) is 5.21 Å². The number of hydrogen-bond donors (Lipinski definition) is 2. The van der Waals surface area contributed by atoms with Crippen LogP contribution in [0, 0.1) is 11.2 Å². The second-order valence-corrected chi connectivity index (χ2v) is 4.51. The van der Waals surface area contributed by atoms with Gasteiger partial charge in [0, 0.05) is 6.20 Å². The number of hydrogen-bond acceptors (Lipinski definition) is 3. The average Bonchev–Trinajstić information content (AvgIpc) is 2.83. The van der Waals surface area contributed by atoms with Crippen LogP contribution in [0.1, 0.15) is 31.7 Å². The summed E-state index contributed by atoms with van der Waals surface area (Å²) in [6.07, 6.45) is 6.42. The monoisotopic (exact) mass is 250 g/mol. The molecule has 0 saturated carbocycles. The fourth-order valence-electron chi connectivity index (χ4n) is 2.38. The van der Waals surface area contributed by atoms with Crippen molar-refractivity contribution >= 4 is 11.5 Å². The molecule has 1 heterocycles. The van der Waals surface area contributed by atoms with Gasteiger partial charge in [0.05, 0.1) is 11.6 Å². The van der Waals surface area contributed by atoms with Crippen molar-refractivity contribution in [2.45, 2.75) is 26.2 Å². The number of amides is 1. The Hall–Kier alpha value is -1.75. The SMILES string of the molecule is CCC1(C(=O)NO)C=C(c2cncc(F)c2)CC1. The van der Waals surface area contributed by atoms with E-state index in [0.717, 1.165) is 11.8 Å². The topological polar surface area (TPSA) is 62.2 Å². The number of carbonyl (C=O) groups is 1. The van der Waals surface area contributed by atoms with E-state index < -0.39 is 17.1 Å². The molecule has 2 N–H and O–H groups in total. The number of pyridine rings is 1. The molecule has 0 radical (unpaired) electrons. The summed E-state index contributed by atoms with van der Waals surface area (Å²) < 4.78 is 13.1. The molecule has 1 aliphatic rings. The summed E-state index contributed by atoms with van der Waals surface area (Å²) in [7, 11) is 0. The third-order valence-corrected chi connectivity index (χ3v) is 3.55. The molecule has 1 amide bonds. The molecular weight excluding hydrogens is 235 g/mol. The Labute approximate surface area is 105 Å². The van der Waals surface area contributed by atoms with Crippen molar-refractivity contribution in [3.63, 3.8) is 0 Å². The maximum absolute atomic E-state index is 13.1. The number of allylic oxidation sites excluding steroid dienone is 1. The zero-order valence-electron chi connectivity index (χ0n) is 10.1. The van der Waals surface area contributed by atoms with Crippen molar-refractivity contribution in [2.75, 3.05) is 0 Å². The molecule has 1 unspecified atom stereocenters. The normalized spacial score (nSPS) is 22.7. The Morgan fingerprint density at radius 1 is 1.61 bits per heavy atom. The Kier molecular flexibility index (Phi) is 3.43. The van der Waals surface area contributed by atoms with Gasteiger partial charge in [0.2, 0.25) is 0 Å². The minimum absolute atomic E-state index is 0.394. The molecule has 1 aromatic heterocycles. The summed E-state index contributed by atoms with van der Waals surface area (Å²) in [5.74, 6) is -0.807. The first-order valence-corrected chi connectivity index (χ1v) is 5.88. The van der Waals surface area contributed by atoms with Gasteiger partial charge in [-0.15, -0.1) is 0 Å². The zero-order valence-corrected chi connectivity index (χ0v) is 10.1. The molecule has 1 aromatic rings. The van der Waals surface area contributed by atoms with Crippen molar-refractivity contribution in [1.29, 1.82) is 0 Å². The second kappa shape index (κ2) is 4.86. The molecule has 0 fully saturated rings. The summed E-state index contributed by atoms with van der Waals surface area (Å²) in [5, 5.41) is 8.79. The number of hydroxylamine groups is 1. The highest BCUT2D eigenvalue weighted by Gasteiger charge is 2.38. The van der Waals surface area contributed by atoms with Gasteiger partial charge in [-0.1, -0.05) is 13.0 Å². The molecule has 0 spiro atoms. The lowest BCUT2D eigenvalue weighted by Gasteiger charge is -2.22. The minimum atomic E-state index is -0.698. The van der Waals surface area contributed by atoms with E-state index in [1.807, 2.05) is 13.0 Å². The van der Waals surface area contributed by atoms with Gasteiger partial charge in [-0.25, -0.2) is 9.87 Å². The first kappa shape index (κ1) is 12.7. The fraction of sp³-hybridized carbons (Fsp3) is 0.385. The molecule has 0 aliphatic heterocycles. The molecule has 18 heavy (non-hydrogen) atoms. The molecule has 2 rings (SSSR count). The largest absolute Gasteiger partial charge is 0.289 e. The van der Waals surface area contributed by atoms with E-state index in [0.29, 0.717) is 24.8 Å². The summed E-state index contributed by atoms with van der Waals surface area (Å²) >= 11 is 0. The van der Waals surface area contributed by atoms with Gasteiger partial charge in [0.25, 0.3) is 5.91 Å². The Morgan fingerprint density at radius 2 is 2.39 bits per heavy atom. The molecule has 1 aliphatic carbocycles. The Balaban J connectivity index is 2.35. The predicted octanol–water partition coefficient (Wildman–Crippen LogP) is 2.30. The van der Waals surface area contributed by atoms with Crippen LogP contribution in [0.5, 0.6) is 0 Å². The predicted molar refractivity (Wildman–Crippen MR) is 64.1 cm³/mol. The van der Waals surface area contributed by atoms with E-state index in [9.17, 15) is 9.18 Å². The Bertz CT molecular complexity index is 502. The van der Waals surface area contributed by atoms with Crippen LogP contribution in [-0.2, 0) is 4.79 Å². The standard InChI is InChI=1S/C13H15FN2O2/c1-2-13(12(17)16-18)4-3-9(6-13)10-5-11(14)8-15-7-10/h5-8,18H,2-4H2,1H3,(H,16,17). The first-order chi connectivity index (χ1) is 8.61. The molecule has 0 saturated heterocycles. The van der Waals surface area contributed by atoms with Gasteiger partial charge in [-0.05, 0) is 36.5 Å². The lowest BCUT2D eigenvalue weighted by Crippen LogP contribution is -2.36. The van der Waals surface area contributed by atoms with Gasteiger partial charge in [0.15, 0.2) is 0 Å². The number of nitrogens with zero attached hydrogens (tertiary/aromatic N) is 1. The summed E-state index contributed by atoms with van der Waals surface area (Å²) in [6, 6.07) is 1.40. The number of carbonyl (C=O) groups excluding carboxylic acids is 1. The van der Waals surface area contributed by atoms with E-state index in [-0.39, 0.29) is 0 Å². The van der Waals surface area contributed by atoms with Gasteiger partial charge < -0.3 is 0 Å². The van der Waals surface area contributed by atoms with Crippen molar-refractivity contribution < 1.29 is 14.4 Å². The minimum Gasteiger partial charge on any atom is -0.289 e. The molecular formula is C13H15FN2O2. The zero-order chi connectivity index (χ0) is 13.2. The van der Waals surface area contributed by atoms with Gasteiger partial charge in [-0.3, -0.25) is 15.0 Å². The lowest BCUT2D eigenvalue weighted by molar-refractivity contribution is -0.137. The molecule has 96 valence electrons. The van der Waals surface area contributed by atoms with E-state index >= 15 is 0 Å². The number of rotatable bonds is 3. The van der Waals surface area contributed by atoms with Crippen molar-refractivity contribution in [2.24, 2.45) is 5.41 Å². The maximum Gasteiger partial charge on any atom is 0.253 e. The second-order valence-electron chi connectivity index (χ2n) is 4.51. The van der Waals surface area contributed by atoms with Crippen LogP contribution in [0.25, 0.3) is 5.57 Å². The third-order valence-electron chi connectivity index (χ3n) is 3.55. The highest BCUT2D eigenvalue weighted by molar-refractivity contribution is 5.88. The molecule has 1 atom stereocenters. The van der Waals surface area contributed by atoms with Crippen molar-refractivity contribution in [3.05, 3.63) is 35.9 Å². The lowest BCUT2D eigenvalue weighted by atomic mass is 9.84. The first-order valence-electron chi connectivity index (χ1n) is 5.88. The van der Waals surface area contributed by atoms with Crippen molar-refractivity contribution in [3.8, 4) is 0 Å². The highest BCUT2D eigenvalue weighted by Crippen LogP contribution is 2.42. The van der Waals surface area contributed by atoms with Crippen LogP contribution in [0.2, 0.25) is 0 Å².